The van der Waals surface area contributed by atoms with Crippen LogP contribution in [0.15, 0.2) is 42.6 Å². The lowest BCUT2D eigenvalue weighted by Gasteiger charge is -2.34. The number of hydrogen-bond acceptors (Lipinski definition) is 5. The molecule has 1 amide bonds. The van der Waals surface area contributed by atoms with Gasteiger partial charge in [0, 0.05) is 13.2 Å². The molecule has 2 aromatic rings. The Bertz CT molecular complexity index is 751. The monoisotopic (exact) mass is 427 g/mol. The smallest absolute Gasteiger partial charge is 0.256 e. The molecule has 6 nitrogen and oxygen atoms in total. The molecular formula is C20H27Cl2N3O3. The standard InChI is InChI=1S/C20H25N3O3.2ClH/c1-3-15-5-4-6-17(13-15)26-18-8-7-16(14-22-18)23-19(24)20(25-2)9-11-21-12-10-20;;/h4-8,13-14,21H,3,9-12H2,1-2H3,(H,23,24);2*1H. The first-order chi connectivity index (χ1) is 12.6. The van der Waals surface area contributed by atoms with Gasteiger partial charge in [0.05, 0.1) is 11.9 Å². The molecule has 1 aliphatic heterocycles. The van der Waals surface area contributed by atoms with Gasteiger partial charge >= 0.3 is 0 Å². The molecule has 28 heavy (non-hydrogen) atoms. The number of piperidine rings is 1. The Morgan fingerprint density at radius 3 is 2.57 bits per heavy atom. The maximum Gasteiger partial charge on any atom is 0.256 e. The fourth-order valence-corrected chi connectivity index (χ4v) is 3.06. The summed E-state index contributed by atoms with van der Waals surface area (Å²) in [4.78, 5) is 16.9. The number of carbonyl (C=O) groups excluding carboxylic acids is 1. The summed E-state index contributed by atoms with van der Waals surface area (Å²) in [6, 6.07) is 11.5. The highest BCUT2D eigenvalue weighted by atomic mass is 35.5. The molecule has 0 saturated carbocycles. The third kappa shape index (κ3) is 5.82. The Kier molecular flexibility index (Phi) is 9.69. The lowest BCUT2D eigenvalue weighted by molar-refractivity contribution is -0.140. The van der Waals surface area contributed by atoms with Gasteiger partial charge in [0.15, 0.2) is 0 Å². The van der Waals surface area contributed by atoms with Gasteiger partial charge in [0.1, 0.15) is 11.4 Å². The van der Waals surface area contributed by atoms with E-state index in [1.807, 2.05) is 18.2 Å². The first-order valence-electron chi connectivity index (χ1n) is 8.95. The SMILES string of the molecule is CCc1cccc(Oc2ccc(NC(=O)C3(OC)CCNCC3)cn2)c1.Cl.Cl. The van der Waals surface area contributed by atoms with Gasteiger partial charge in [-0.15, -0.1) is 24.8 Å². The molecule has 3 rings (SSSR count). The van der Waals surface area contributed by atoms with Crippen molar-refractivity contribution >= 4 is 36.4 Å². The Hall–Kier alpha value is -1.86. The number of carbonyl (C=O) groups is 1. The van der Waals surface area contributed by atoms with Crippen LogP contribution < -0.4 is 15.4 Å². The van der Waals surface area contributed by atoms with Crippen LogP contribution in [0.4, 0.5) is 5.69 Å². The van der Waals surface area contributed by atoms with Crippen molar-refractivity contribution in [1.29, 1.82) is 0 Å². The molecule has 2 heterocycles. The topological polar surface area (TPSA) is 72.5 Å². The number of nitrogens with zero attached hydrogens (tertiary/aromatic N) is 1. The number of anilines is 1. The van der Waals surface area contributed by atoms with E-state index < -0.39 is 5.60 Å². The average molecular weight is 428 g/mol. The number of aromatic nitrogens is 1. The fourth-order valence-electron chi connectivity index (χ4n) is 3.06. The minimum absolute atomic E-state index is 0. The Balaban J connectivity index is 0.00000196. The van der Waals surface area contributed by atoms with E-state index in [1.165, 1.54) is 5.56 Å². The van der Waals surface area contributed by atoms with E-state index in [1.54, 1.807) is 25.4 Å². The summed E-state index contributed by atoms with van der Waals surface area (Å²) in [6.45, 7) is 3.64. The van der Waals surface area contributed by atoms with Gasteiger partial charge in [-0.25, -0.2) is 4.98 Å². The van der Waals surface area contributed by atoms with E-state index in [9.17, 15) is 4.79 Å². The summed E-state index contributed by atoms with van der Waals surface area (Å²) in [7, 11) is 1.59. The Labute approximate surface area is 178 Å². The molecule has 0 radical (unpaired) electrons. The number of aryl methyl sites for hydroxylation is 1. The van der Waals surface area contributed by atoms with Crippen molar-refractivity contribution in [1.82, 2.24) is 10.3 Å². The number of methoxy groups -OCH3 is 1. The lowest BCUT2D eigenvalue weighted by atomic mass is 9.91. The van der Waals surface area contributed by atoms with Crippen LogP contribution in [0.25, 0.3) is 0 Å². The predicted molar refractivity (Wildman–Crippen MR) is 115 cm³/mol. The largest absolute Gasteiger partial charge is 0.439 e. The van der Waals surface area contributed by atoms with Crippen LogP contribution in [0.3, 0.4) is 0 Å². The van der Waals surface area contributed by atoms with Crippen LogP contribution in [0, 0.1) is 0 Å². The zero-order chi connectivity index (χ0) is 18.4. The van der Waals surface area contributed by atoms with Gasteiger partial charge in [-0.1, -0.05) is 19.1 Å². The second kappa shape index (κ2) is 11.2. The first kappa shape index (κ1) is 24.2. The van der Waals surface area contributed by atoms with Crippen LogP contribution in [-0.2, 0) is 16.0 Å². The Morgan fingerprint density at radius 2 is 1.96 bits per heavy atom. The molecule has 2 N–H and O–H groups in total. The van der Waals surface area contributed by atoms with Crippen LogP contribution in [0.5, 0.6) is 11.6 Å². The molecule has 8 heteroatoms. The quantitative estimate of drug-likeness (QED) is 0.728. The molecule has 1 saturated heterocycles. The molecule has 1 aliphatic rings. The van der Waals surface area contributed by atoms with Crippen molar-refractivity contribution in [2.75, 3.05) is 25.5 Å². The first-order valence-corrected chi connectivity index (χ1v) is 8.95. The highest BCUT2D eigenvalue weighted by molar-refractivity contribution is 5.97. The molecule has 0 spiro atoms. The number of ether oxygens (including phenoxy) is 2. The Morgan fingerprint density at radius 1 is 1.21 bits per heavy atom. The molecule has 0 bridgehead atoms. The van der Waals surface area contributed by atoms with Crippen LogP contribution >= 0.6 is 24.8 Å². The molecule has 0 aliphatic carbocycles. The number of nitrogens with one attached hydrogen (secondary N) is 2. The fraction of sp³-hybridized carbons (Fsp3) is 0.400. The van der Waals surface area contributed by atoms with Gasteiger partial charge < -0.3 is 20.1 Å². The van der Waals surface area contributed by atoms with Crippen molar-refractivity contribution in [2.45, 2.75) is 31.8 Å². The van der Waals surface area contributed by atoms with Gasteiger partial charge in [0.25, 0.3) is 5.91 Å². The van der Waals surface area contributed by atoms with E-state index in [0.29, 0.717) is 24.4 Å². The number of pyridine rings is 1. The third-order valence-electron chi connectivity index (χ3n) is 4.74. The molecule has 154 valence electrons. The molecule has 1 aromatic heterocycles. The maximum absolute atomic E-state index is 12.6. The van der Waals surface area contributed by atoms with Crippen LogP contribution in [-0.4, -0.2) is 36.7 Å². The molecule has 0 atom stereocenters. The van der Waals surface area contributed by atoms with Gasteiger partial charge in [-0.05, 0) is 56.1 Å². The van der Waals surface area contributed by atoms with Crippen LogP contribution in [0.2, 0.25) is 0 Å². The lowest BCUT2D eigenvalue weighted by Crippen LogP contribution is -2.51. The molecule has 1 aromatic carbocycles. The second-order valence-corrected chi connectivity index (χ2v) is 6.39. The summed E-state index contributed by atoms with van der Waals surface area (Å²) >= 11 is 0. The zero-order valence-electron chi connectivity index (χ0n) is 16.1. The van der Waals surface area contributed by atoms with E-state index in [0.717, 1.165) is 25.3 Å². The summed E-state index contributed by atoms with van der Waals surface area (Å²) in [5.41, 5.74) is 1.05. The minimum atomic E-state index is -0.777. The predicted octanol–water partition coefficient (Wildman–Crippen LogP) is 3.99. The minimum Gasteiger partial charge on any atom is -0.439 e. The molecule has 1 fully saturated rings. The van der Waals surface area contributed by atoms with E-state index >= 15 is 0 Å². The van der Waals surface area contributed by atoms with Crippen molar-refractivity contribution in [3.8, 4) is 11.6 Å². The molecule has 0 unspecified atom stereocenters. The highest BCUT2D eigenvalue weighted by Crippen LogP contribution is 2.26. The van der Waals surface area contributed by atoms with E-state index in [4.69, 9.17) is 9.47 Å². The number of amides is 1. The number of halogens is 2. The van der Waals surface area contributed by atoms with E-state index in [2.05, 4.69) is 28.6 Å². The summed E-state index contributed by atoms with van der Waals surface area (Å²) in [5.74, 6) is 1.11. The number of rotatable bonds is 6. The average Bonchev–Trinajstić information content (AvgIpc) is 2.70. The summed E-state index contributed by atoms with van der Waals surface area (Å²) < 4.78 is 11.3. The summed E-state index contributed by atoms with van der Waals surface area (Å²) in [5, 5.41) is 6.15. The van der Waals surface area contributed by atoms with Gasteiger partial charge in [-0.2, -0.15) is 0 Å². The van der Waals surface area contributed by atoms with Crippen LogP contribution in [0.1, 0.15) is 25.3 Å². The third-order valence-corrected chi connectivity index (χ3v) is 4.74. The van der Waals surface area contributed by atoms with Crippen molar-refractivity contribution < 1.29 is 14.3 Å². The van der Waals surface area contributed by atoms with Gasteiger partial charge in [0.2, 0.25) is 5.88 Å². The van der Waals surface area contributed by atoms with E-state index in [-0.39, 0.29) is 30.7 Å². The van der Waals surface area contributed by atoms with Crippen molar-refractivity contribution in [3.05, 3.63) is 48.2 Å². The molecular weight excluding hydrogens is 401 g/mol. The number of benzene rings is 1. The maximum atomic E-state index is 12.6. The number of hydrogen-bond donors (Lipinski definition) is 2. The highest BCUT2D eigenvalue weighted by Gasteiger charge is 2.39. The second-order valence-electron chi connectivity index (χ2n) is 6.39. The van der Waals surface area contributed by atoms with Gasteiger partial charge in [-0.3, -0.25) is 4.79 Å². The zero-order valence-corrected chi connectivity index (χ0v) is 17.7. The normalized spacial score (nSPS) is 14.9. The summed E-state index contributed by atoms with van der Waals surface area (Å²) in [6.07, 6.45) is 3.85. The van der Waals surface area contributed by atoms with Crippen molar-refractivity contribution in [2.24, 2.45) is 0 Å². The van der Waals surface area contributed by atoms with Crippen molar-refractivity contribution in [3.63, 3.8) is 0 Å².